The third-order valence-corrected chi connectivity index (χ3v) is 5.80. The second kappa shape index (κ2) is 6.79. The van der Waals surface area contributed by atoms with Gasteiger partial charge in [0.1, 0.15) is 11.5 Å². The van der Waals surface area contributed by atoms with E-state index in [9.17, 15) is 14.0 Å². The molecule has 1 aromatic heterocycles. The van der Waals surface area contributed by atoms with Crippen molar-refractivity contribution in [3.8, 4) is 0 Å². The molecule has 2 amide bonds. The lowest BCUT2D eigenvalue weighted by molar-refractivity contribution is -0.123. The summed E-state index contributed by atoms with van der Waals surface area (Å²) in [6.45, 7) is 2.01. The van der Waals surface area contributed by atoms with E-state index in [4.69, 9.17) is 0 Å². The lowest BCUT2D eigenvalue weighted by Gasteiger charge is -2.38. The van der Waals surface area contributed by atoms with Gasteiger partial charge in [-0.05, 0) is 49.9 Å². The molecule has 0 unspecified atom stereocenters. The number of likely N-dealkylation sites (tertiary alicyclic amines) is 1. The fourth-order valence-electron chi connectivity index (χ4n) is 4.52. The number of nitrogens with zero attached hydrogens (tertiary/aromatic N) is 2. The SMILES string of the molecule is C[C@]12C[C@@H](c3ccc(F)cc3)N(C(=O)c3ccn[nH]3)[C@H]1CCCCC(=O)N2. The van der Waals surface area contributed by atoms with Crippen LogP contribution in [0.4, 0.5) is 4.39 Å². The Kier molecular flexibility index (Phi) is 4.45. The summed E-state index contributed by atoms with van der Waals surface area (Å²) in [6, 6.07) is 7.55. The molecule has 3 heterocycles. The van der Waals surface area contributed by atoms with Crippen molar-refractivity contribution in [1.29, 1.82) is 0 Å². The third kappa shape index (κ3) is 3.22. The van der Waals surface area contributed by atoms with Crippen molar-refractivity contribution in [3.63, 3.8) is 0 Å². The second-order valence-corrected chi connectivity index (χ2v) is 7.68. The summed E-state index contributed by atoms with van der Waals surface area (Å²) in [5.74, 6) is -0.435. The van der Waals surface area contributed by atoms with E-state index in [0.29, 0.717) is 18.5 Å². The molecule has 0 saturated carbocycles. The Morgan fingerprint density at radius 3 is 2.74 bits per heavy atom. The molecule has 2 N–H and O–H groups in total. The maximum absolute atomic E-state index is 13.4. The molecule has 2 aliphatic heterocycles. The largest absolute Gasteiger partial charge is 0.349 e. The van der Waals surface area contributed by atoms with Gasteiger partial charge in [0.25, 0.3) is 5.91 Å². The summed E-state index contributed by atoms with van der Waals surface area (Å²) in [4.78, 5) is 27.5. The van der Waals surface area contributed by atoms with Crippen LogP contribution in [-0.4, -0.2) is 38.5 Å². The third-order valence-electron chi connectivity index (χ3n) is 5.80. The Morgan fingerprint density at radius 2 is 2.04 bits per heavy atom. The van der Waals surface area contributed by atoms with Gasteiger partial charge >= 0.3 is 0 Å². The van der Waals surface area contributed by atoms with E-state index < -0.39 is 5.54 Å². The van der Waals surface area contributed by atoms with Crippen LogP contribution in [0.3, 0.4) is 0 Å². The predicted octanol–water partition coefficient (Wildman–Crippen LogP) is 2.95. The van der Waals surface area contributed by atoms with Gasteiger partial charge in [-0.3, -0.25) is 14.7 Å². The van der Waals surface area contributed by atoms with Crippen molar-refractivity contribution in [2.24, 2.45) is 0 Å². The Hall–Kier alpha value is -2.70. The van der Waals surface area contributed by atoms with Crippen LogP contribution in [0.15, 0.2) is 36.5 Å². The number of H-pyrrole nitrogens is 1. The number of aromatic nitrogens is 2. The van der Waals surface area contributed by atoms with Crippen LogP contribution in [-0.2, 0) is 4.79 Å². The van der Waals surface area contributed by atoms with Gasteiger partial charge in [0.05, 0.1) is 17.6 Å². The minimum absolute atomic E-state index is 0.0240. The summed E-state index contributed by atoms with van der Waals surface area (Å²) in [7, 11) is 0. The number of halogens is 1. The normalized spacial score (nSPS) is 28.2. The van der Waals surface area contributed by atoms with Gasteiger partial charge in [-0.25, -0.2) is 4.39 Å². The van der Waals surface area contributed by atoms with Crippen LogP contribution in [0.5, 0.6) is 0 Å². The zero-order valence-electron chi connectivity index (χ0n) is 15.2. The van der Waals surface area contributed by atoms with Crippen molar-refractivity contribution in [2.75, 3.05) is 0 Å². The van der Waals surface area contributed by atoms with Crippen LogP contribution < -0.4 is 5.32 Å². The molecule has 6 nitrogen and oxygen atoms in total. The Morgan fingerprint density at radius 1 is 1.26 bits per heavy atom. The summed E-state index contributed by atoms with van der Waals surface area (Å²) in [5.41, 5.74) is 0.762. The van der Waals surface area contributed by atoms with Crippen molar-refractivity contribution < 1.29 is 14.0 Å². The Bertz CT molecular complexity index is 836. The maximum atomic E-state index is 13.4. The number of amides is 2. The molecule has 3 atom stereocenters. The first-order valence-corrected chi connectivity index (χ1v) is 9.36. The molecule has 4 rings (SSSR count). The first-order chi connectivity index (χ1) is 13.0. The molecule has 2 aliphatic rings. The van der Waals surface area contributed by atoms with Crippen molar-refractivity contribution in [2.45, 2.75) is 56.7 Å². The highest BCUT2D eigenvalue weighted by Gasteiger charge is 2.52. The van der Waals surface area contributed by atoms with E-state index in [2.05, 4.69) is 15.5 Å². The fraction of sp³-hybridized carbons (Fsp3) is 0.450. The van der Waals surface area contributed by atoms with E-state index in [1.165, 1.54) is 12.1 Å². The van der Waals surface area contributed by atoms with Crippen LogP contribution in [0.2, 0.25) is 0 Å². The number of benzene rings is 1. The number of carbonyl (C=O) groups is 2. The smallest absolute Gasteiger partial charge is 0.272 e. The molecule has 0 radical (unpaired) electrons. The summed E-state index contributed by atoms with van der Waals surface area (Å²) in [6.07, 6.45) is 5.17. The minimum Gasteiger partial charge on any atom is -0.349 e. The molecule has 2 aromatic rings. The van der Waals surface area contributed by atoms with E-state index in [1.54, 1.807) is 24.4 Å². The number of hydrogen-bond donors (Lipinski definition) is 2. The topological polar surface area (TPSA) is 78.1 Å². The number of fused-ring (bicyclic) bond motifs is 1. The highest BCUT2D eigenvalue weighted by molar-refractivity contribution is 5.93. The number of hydrogen-bond acceptors (Lipinski definition) is 3. The number of carbonyl (C=O) groups excluding carboxylic acids is 2. The van der Waals surface area contributed by atoms with Gasteiger partial charge in [-0.1, -0.05) is 18.6 Å². The van der Waals surface area contributed by atoms with Gasteiger partial charge < -0.3 is 10.2 Å². The molecule has 2 saturated heterocycles. The van der Waals surface area contributed by atoms with Gasteiger partial charge in [0.2, 0.25) is 5.91 Å². The van der Waals surface area contributed by atoms with Crippen LogP contribution in [0.25, 0.3) is 0 Å². The summed E-state index contributed by atoms with van der Waals surface area (Å²) in [5, 5.41) is 9.82. The second-order valence-electron chi connectivity index (χ2n) is 7.68. The first kappa shape index (κ1) is 17.7. The van der Waals surface area contributed by atoms with Gasteiger partial charge in [0.15, 0.2) is 0 Å². The molecule has 0 aliphatic carbocycles. The van der Waals surface area contributed by atoms with Crippen molar-refractivity contribution in [1.82, 2.24) is 20.4 Å². The molecule has 27 heavy (non-hydrogen) atoms. The molecule has 0 bridgehead atoms. The zero-order valence-corrected chi connectivity index (χ0v) is 15.2. The minimum atomic E-state index is -0.522. The van der Waals surface area contributed by atoms with E-state index in [0.717, 1.165) is 24.8 Å². The summed E-state index contributed by atoms with van der Waals surface area (Å²) >= 11 is 0. The highest BCUT2D eigenvalue weighted by Crippen LogP contribution is 2.45. The predicted molar refractivity (Wildman–Crippen MR) is 97.3 cm³/mol. The van der Waals surface area contributed by atoms with E-state index in [1.807, 2.05) is 11.8 Å². The molecular formula is C20H23FN4O2. The molecule has 2 fully saturated rings. The van der Waals surface area contributed by atoms with Crippen molar-refractivity contribution in [3.05, 3.63) is 53.6 Å². The van der Waals surface area contributed by atoms with Gasteiger partial charge in [-0.2, -0.15) is 5.10 Å². The molecular weight excluding hydrogens is 347 g/mol. The van der Waals surface area contributed by atoms with Crippen LogP contribution in [0.1, 0.15) is 61.1 Å². The van der Waals surface area contributed by atoms with Crippen LogP contribution in [0, 0.1) is 5.82 Å². The summed E-state index contributed by atoms with van der Waals surface area (Å²) < 4.78 is 13.4. The number of rotatable bonds is 2. The van der Waals surface area contributed by atoms with E-state index >= 15 is 0 Å². The van der Waals surface area contributed by atoms with E-state index in [-0.39, 0.29) is 29.7 Å². The lowest BCUT2D eigenvalue weighted by Crippen LogP contribution is -2.56. The number of aromatic amines is 1. The molecule has 7 heteroatoms. The monoisotopic (exact) mass is 370 g/mol. The average Bonchev–Trinajstić information content (AvgIpc) is 3.24. The average molecular weight is 370 g/mol. The van der Waals surface area contributed by atoms with Crippen LogP contribution >= 0.6 is 0 Å². The zero-order chi connectivity index (χ0) is 19.0. The molecule has 142 valence electrons. The van der Waals surface area contributed by atoms with Crippen molar-refractivity contribution >= 4 is 11.8 Å². The highest BCUT2D eigenvalue weighted by atomic mass is 19.1. The Balaban J connectivity index is 1.77. The Labute approximate surface area is 157 Å². The van der Waals surface area contributed by atoms with Gasteiger partial charge in [-0.15, -0.1) is 0 Å². The van der Waals surface area contributed by atoms with Gasteiger partial charge in [0, 0.05) is 12.6 Å². The fourth-order valence-corrected chi connectivity index (χ4v) is 4.52. The maximum Gasteiger partial charge on any atom is 0.272 e. The molecule has 0 spiro atoms. The quantitative estimate of drug-likeness (QED) is 0.853. The lowest BCUT2D eigenvalue weighted by atomic mass is 9.85. The standard InChI is InChI=1S/C20H23FN4O2/c1-20-12-16(13-6-8-14(21)9-7-13)25(19(27)15-10-11-22-24-15)17(20)4-2-3-5-18(26)23-20/h6-11,16-17H,2-5,12H2,1H3,(H,22,24)(H,23,26)/t16-,17-,20-/m0/s1. The number of nitrogens with one attached hydrogen (secondary N) is 2. The molecule has 1 aromatic carbocycles. The first-order valence-electron chi connectivity index (χ1n) is 9.36.